The van der Waals surface area contributed by atoms with Crippen LogP contribution in [0, 0.1) is 23.7 Å². The molecule has 194 valence electrons. The lowest BCUT2D eigenvalue weighted by molar-refractivity contribution is -0.344. The molecule has 0 aromatic heterocycles. The lowest BCUT2D eigenvalue weighted by atomic mass is 9.54. The number of hydrogen-bond acceptors (Lipinski definition) is 4. The molecule has 0 spiro atoms. The molecule has 4 heteroatoms. The second-order valence-electron chi connectivity index (χ2n) is 12.1. The Morgan fingerprint density at radius 2 is 1.25 bits per heavy atom. The van der Waals surface area contributed by atoms with Gasteiger partial charge in [0.25, 0.3) is 0 Å². The monoisotopic (exact) mass is 490 g/mol. The first-order valence-corrected chi connectivity index (χ1v) is 14.2. The van der Waals surface area contributed by atoms with Crippen LogP contribution in [-0.2, 0) is 32.2 Å². The topological polar surface area (TPSA) is 36.9 Å². The van der Waals surface area contributed by atoms with Gasteiger partial charge in [-0.05, 0) is 73.8 Å². The zero-order valence-corrected chi connectivity index (χ0v) is 21.9. The maximum atomic E-state index is 7.13. The van der Waals surface area contributed by atoms with Gasteiger partial charge in [-0.25, -0.2) is 0 Å². The molecule has 2 aromatic rings. The number of hydrogen-bond donors (Lipinski definition) is 0. The minimum absolute atomic E-state index is 0.0450. The molecule has 4 nitrogen and oxygen atoms in total. The third kappa shape index (κ3) is 5.15. The summed E-state index contributed by atoms with van der Waals surface area (Å²) < 4.78 is 27.2. The molecule has 1 unspecified atom stereocenters. The highest BCUT2D eigenvalue weighted by Gasteiger charge is 2.55. The van der Waals surface area contributed by atoms with Crippen LogP contribution in [0.1, 0.15) is 69.9 Å². The van der Waals surface area contributed by atoms with Gasteiger partial charge in [-0.15, -0.1) is 0 Å². The van der Waals surface area contributed by atoms with E-state index in [-0.39, 0.29) is 29.8 Å². The predicted molar refractivity (Wildman–Crippen MR) is 140 cm³/mol. The highest BCUT2D eigenvalue weighted by Crippen LogP contribution is 2.58. The summed E-state index contributed by atoms with van der Waals surface area (Å²) in [6.45, 7) is 5.57. The Kier molecular flexibility index (Phi) is 7.22. The van der Waals surface area contributed by atoms with Gasteiger partial charge in [0.15, 0.2) is 6.29 Å². The van der Waals surface area contributed by atoms with Crippen molar-refractivity contribution >= 4 is 0 Å². The molecule has 4 aliphatic carbocycles. The third-order valence-electron chi connectivity index (χ3n) is 9.33. The Labute approximate surface area is 216 Å². The number of rotatable bonds is 9. The van der Waals surface area contributed by atoms with Crippen molar-refractivity contribution in [2.45, 2.75) is 102 Å². The van der Waals surface area contributed by atoms with Crippen molar-refractivity contribution in [1.82, 2.24) is 0 Å². The summed E-state index contributed by atoms with van der Waals surface area (Å²) in [6.07, 6.45) is 8.06. The first kappa shape index (κ1) is 24.6. The average molecular weight is 491 g/mol. The van der Waals surface area contributed by atoms with Crippen molar-refractivity contribution in [3.05, 3.63) is 71.8 Å². The van der Waals surface area contributed by atoms with E-state index in [4.69, 9.17) is 18.9 Å². The van der Waals surface area contributed by atoms with Crippen molar-refractivity contribution in [1.29, 1.82) is 0 Å². The highest BCUT2D eigenvalue weighted by molar-refractivity contribution is 5.15. The lowest BCUT2D eigenvalue weighted by Gasteiger charge is -2.58. The second kappa shape index (κ2) is 10.6. The summed E-state index contributed by atoms with van der Waals surface area (Å²) in [4.78, 5) is 0. The van der Waals surface area contributed by atoms with Gasteiger partial charge in [-0.1, -0.05) is 74.5 Å². The van der Waals surface area contributed by atoms with Crippen LogP contribution >= 0.6 is 0 Å². The first-order chi connectivity index (χ1) is 17.6. The van der Waals surface area contributed by atoms with E-state index in [1.54, 1.807) is 0 Å². The van der Waals surface area contributed by atoms with Gasteiger partial charge in [-0.3, -0.25) is 0 Å². The van der Waals surface area contributed by atoms with E-state index in [2.05, 4.69) is 68.4 Å². The molecule has 1 aliphatic heterocycles. The molecule has 5 aliphatic rings. The van der Waals surface area contributed by atoms with Crippen LogP contribution in [0.25, 0.3) is 0 Å². The summed E-state index contributed by atoms with van der Waals surface area (Å²) in [5.41, 5.74) is 2.30. The standard InChI is InChI=1S/C32H42O4/c1-3-28-22(2)29(33-20-23-10-6-4-7-11-23)30(34-21-24-12-8-5-9-13-24)31(35-28)36-32-17-25-14-26(18-32)16-27(15-25)19-32/h4-13,22,25-31H,3,14-21H2,1-2H3/t22-,25?,26?,27?,28-,29+,30-,31?,32?/m1/s1. The van der Waals surface area contributed by atoms with Crippen LogP contribution in [0.2, 0.25) is 0 Å². The molecule has 4 saturated carbocycles. The molecule has 0 radical (unpaired) electrons. The van der Waals surface area contributed by atoms with Gasteiger partial charge in [0, 0.05) is 5.92 Å². The molecule has 0 N–H and O–H groups in total. The van der Waals surface area contributed by atoms with Crippen LogP contribution in [-0.4, -0.2) is 30.2 Å². The first-order valence-electron chi connectivity index (χ1n) is 14.2. The number of benzene rings is 2. The van der Waals surface area contributed by atoms with E-state index in [1.165, 1.54) is 44.1 Å². The molecule has 36 heavy (non-hydrogen) atoms. The molecular weight excluding hydrogens is 448 g/mol. The van der Waals surface area contributed by atoms with Crippen LogP contribution < -0.4 is 0 Å². The summed E-state index contributed by atoms with van der Waals surface area (Å²) in [6, 6.07) is 20.9. The van der Waals surface area contributed by atoms with Gasteiger partial charge in [0.05, 0.1) is 31.0 Å². The fourth-order valence-electron chi connectivity index (χ4n) is 7.98. The van der Waals surface area contributed by atoms with Crippen molar-refractivity contribution < 1.29 is 18.9 Å². The van der Waals surface area contributed by atoms with E-state index in [0.717, 1.165) is 29.7 Å². The Hall–Kier alpha value is -1.72. The smallest absolute Gasteiger partial charge is 0.187 e. The molecule has 7 rings (SSSR count). The van der Waals surface area contributed by atoms with Crippen molar-refractivity contribution in [2.24, 2.45) is 23.7 Å². The van der Waals surface area contributed by atoms with Gasteiger partial charge in [0.1, 0.15) is 6.10 Å². The normalized spacial score (nSPS) is 39.4. The van der Waals surface area contributed by atoms with Crippen LogP contribution in [0.15, 0.2) is 60.7 Å². The van der Waals surface area contributed by atoms with E-state index < -0.39 is 6.29 Å². The fraction of sp³-hybridized carbons (Fsp3) is 0.625. The molecule has 5 fully saturated rings. The van der Waals surface area contributed by atoms with E-state index >= 15 is 0 Å². The minimum Gasteiger partial charge on any atom is -0.370 e. The zero-order valence-electron chi connectivity index (χ0n) is 21.9. The third-order valence-corrected chi connectivity index (χ3v) is 9.33. The van der Waals surface area contributed by atoms with E-state index in [0.29, 0.717) is 13.2 Å². The molecule has 4 bridgehead atoms. The molecule has 2 aromatic carbocycles. The Balaban J connectivity index is 1.25. The van der Waals surface area contributed by atoms with Crippen molar-refractivity contribution in [3.63, 3.8) is 0 Å². The average Bonchev–Trinajstić information content (AvgIpc) is 2.88. The van der Waals surface area contributed by atoms with Crippen LogP contribution in [0.5, 0.6) is 0 Å². The van der Waals surface area contributed by atoms with Crippen LogP contribution in [0.3, 0.4) is 0 Å². The van der Waals surface area contributed by atoms with Gasteiger partial charge in [0.2, 0.25) is 0 Å². The van der Waals surface area contributed by atoms with E-state index in [9.17, 15) is 0 Å². The summed E-state index contributed by atoms with van der Waals surface area (Å²) in [7, 11) is 0. The zero-order chi connectivity index (χ0) is 24.5. The molecule has 1 heterocycles. The fourth-order valence-corrected chi connectivity index (χ4v) is 7.98. The summed E-state index contributed by atoms with van der Waals surface area (Å²) in [5, 5.41) is 0. The molecule has 0 amide bonds. The van der Waals surface area contributed by atoms with E-state index in [1.807, 2.05) is 6.07 Å². The minimum atomic E-state index is -0.396. The Morgan fingerprint density at radius 3 is 1.75 bits per heavy atom. The van der Waals surface area contributed by atoms with Crippen molar-refractivity contribution in [3.8, 4) is 0 Å². The molecular formula is C32H42O4. The summed E-state index contributed by atoms with van der Waals surface area (Å²) in [5.74, 6) is 2.70. The molecule has 5 atom stereocenters. The predicted octanol–water partition coefficient (Wildman–Crippen LogP) is 6.91. The van der Waals surface area contributed by atoms with Crippen molar-refractivity contribution in [2.75, 3.05) is 0 Å². The maximum absolute atomic E-state index is 7.13. The van der Waals surface area contributed by atoms with Gasteiger partial charge >= 0.3 is 0 Å². The van der Waals surface area contributed by atoms with Gasteiger partial charge in [-0.2, -0.15) is 0 Å². The Bertz CT molecular complexity index is 941. The van der Waals surface area contributed by atoms with Gasteiger partial charge < -0.3 is 18.9 Å². The maximum Gasteiger partial charge on any atom is 0.187 e. The summed E-state index contributed by atoms with van der Waals surface area (Å²) >= 11 is 0. The highest BCUT2D eigenvalue weighted by atomic mass is 16.7. The largest absolute Gasteiger partial charge is 0.370 e. The Morgan fingerprint density at radius 1 is 0.750 bits per heavy atom. The van der Waals surface area contributed by atoms with Crippen LogP contribution in [0.4, 0.5) is 0 Å². The second-order valence-corrected chi connectivity index (χ2v) is 12.1. The SMILES string of the molecule is CC[C@H]1OC(OC23CC4CC(CC(C4)C2)C3)[C@H](OCc2ccccc2)[C@@H](OCc2ccccc2)[C@@H]1C. The quantitative estimate of drug-likeness (QED) is 0.383. The lowest BCUT2D eigenvalue weighted by Crippen LogP contribution is -2.61. The molecule has 1 saturated heterocycles. The number of ether oxygens (including phenoxy) is 4.